The lowest BCUT2D eigenvalue weighted by atomic mass is 9.98. The van der Waals surface area contributed by atoms with E-state index in [1.807, 2.05) is 0 Å². The molecule has 1 saturated heterocycles. The summed E-state index contributed by atoms with van der Waals surface area (Å²) in [7, 11) is -3.72. The van der Waals surface area contributed by atoms with Gasteiger partial charge in [0.15, 0.2) is 5.13 Å². The Kier molecular flexibility index (Phi) is 5.29. The van der Waals surface area contributed by atoms with E-state index in [1.54, 1.807) is 11.4 Å². The van der Waals surface area contributed by atoms with Crippen molar-refractivity contribution in [3.8, 4) is 5.75 Å². The van der Waals surface area contributed by atoms with E-state index in [4.69, 9.17) is 16.3 Å². The highest BCUT2D eigenvalue weighted by atomic mass is 35.5. The maximum absolute atomic E-state index is 12.4. The number of benzene rings is 1. The summed E-state index contributed by atoms with van der Waals surface area (Å²) in [5, 5.41) is 5.60. The summed E-state index contributed by atoms with van der Waals surface area (Å²) in [5.41, 5.74) is 0. The third-order valence-electron chi connectivity index (χ3n) is 3.85. The second-order valence-corrected chi connectivity index (χ2v) is 8.65. The van der Waals surface area contributed by atoms with E-state index in [-0.39, 0.29) is 16.0 Å². The first-order valence-corrected chi connectivity index (χ1v) is 10.3. The van der Waals surface area contributed by atoms with Crippen LogP contribution in [0.25, 0.3) is 0 Å². The van der Waals surface area contributed by atoms with Gasteiger partial charge in [0.2, 0.25) is 0 Å². The van der Waals surface area contributed by atoms with Crippen LogP contribution >= 0.6 is 22.9 Å². The van der Waals surface area contributed by atoms with E-state index < -0.39 is 10.0 Å². The zero-order valence-corrected chi connectivity index (χ0v) is 15.4. The van der Waals surface area contributed by atoms with Crippen LogP contribution in [-0.2, 0) is 10.0 Å². The van der Waals surface area contributed by atoms with Crippen molar-refractivity contribution in [3.63, 3.8) is 0 Å². The van der Waals surface area contributed by atoms with Gasteiger partial charge < -0.3 is 10.1 Å². The third-order valence-corrected chi connectivity index (χ3v) is 6.30. The molecule has 6 nitrogen and oxygen atoms in total. The molecule has 0 saturated carbocycles. The van der Waals surface area contributed by atoms with Crippen LogP contribution in [0.15, 0.2) is 34.7 Å². The van der Waals surface area contributed by atoms with Crippen LogP contribution in [0.4, 0.5) is 5.13 Å². The molecule has 3 rings (SSSR count). The number of sulfonamides is 1. The molecular weight excluding hydrogens is 370 g/mol. The molecule has 0 bridgehead atoms. The quantitative estimate of drug-likeness (QED) is 0.824. The molecule has 1 aromatic carbocycles. The van der Waals surface area contributed by atoms with Crippen LogP contribution < -0.4 is 14.8 Å². The molecule has 1 fully saturated rings. The minimum atomic E-state index is -3.72. The fraction of sp³-hybridized carbons (Fsp3) is 0.400. The van der Waals surface area contributed by atoms with E-state index in [0.717, 1.165) is 19.5 Å². The fourth-order valence-corrected chi connectivity index (χ4v) is 4.62. The number of hydrogen-bond acceptors (Lipinski definition) is 6. The van der Waals surface area contributed by atoms with Gasteiger partial charge >= 0.3 is 0 Å². The maximum atomic E-state index is 12.4. The molecule has 9 heteroatoms. The van der Waals surface area contributed by atoms with Crippen molar-refractivity contribution < 1.29 is 13.2 Å². The topological polar surface area (TPSA) is 80.3 Å². The van der Waals surface area contributed by atoms with E-state index in [2.05, 4.69) is 21.9 Å². The summed E-state index contributed by atoms with van der Waals surface area (Å²) in [6.07, 6.45) is 2.50. The summed E-state index contributed by atoms with van der Waals surface area (Å²) in [6.45, 7) is 3.91. The second-order valence-electron chi connectivity index (χ2n) is 5.66. The Hall–Kier alpha value is -1.35. The molecule has 1 aliphatic heterocycles. The summed E-state index contributed by atoms with van der Waals surface area (Å²) < 4.78 is 33.1. The third kappa shape index (κ3) is 4.00. The van der Waals surface area contributed by atoms with Crippen molar-refractivity contribution >= 4 is 38.1 Å². The van der Waals surface area contributed by atoms with Crippen molar-refractivity contribution in [2.75, 3.05) is 17.8 Å². The first-order valence-electron chi connectivity index (χ1n) is 7.55. The Bertz CT molecular complexity index is 796. The lowest BCUT2D eigenvalue weighted by Gasteiger charge is -2.30. The molecule has 0 radical (unpaired) electrons. The normalized spacial score (nSPS) is 21.4. The van der Waals surface area contributed by atoms with Gasteiger partial charge in [-0.2, -0.15) is 0 Å². The second kappa shape index (κ2) is 7.26. The van der Waals surface area contributed by atoms with Gasteiger partial charge in [-0.3, -0.25) is 4.72 Å². The largest absolute Gasteiger partial charge is 0.488 e. The highest BCUT2D eigenvalue weighted by Gasteiger charge is 2.24. The van der Waals surface area contributed by atoms with Crippen molar-refractivity contribution in [1.82, 2.24) is 10.3 Å². The highest BCUT2D eigenvalue weighted by Crippen LogP contribution is 2.31. The molecule has 2 aromatic rings. The van der Waals surface area contributed by atoms with Gasteiger partial charge in [-0.05, 0) is 31.2 Å². The molecule has 2 N–H and O–H groups in total. The minimum absolute atomic E-state index is 0.0691. The Balaban J connectivity index is 1.76. The molecule has 0 spiro atoms. The van der Waals surface area contributed by atoms with Crippen LogP contribution in [0, 0.1) is 5.92 Å². The predicted molar refractivity (Wildman–Crippen MR) is 95.4 cm³/mol. The van der Waals surface area contributed by atoms with E-state index in [1.165, 1.54) is 29.7 Å². The molecule has 1 unspecified atom stereocenters. The monoisotopic (exact) mass is 387 g/mol. The smallest absolute Gasteiger partial charge is 0.263 e. The first kappa shape index (κ1) is 17.5. The molecule has 24 heavy (non-hydrogen) atoms. The van der Waals surface area contributed by atoms with Crippen LogP contribution in [-0.4, -0.2) is 32.6 Å². The summed E-state index contributed by atoms with van der Waals surface area (Å²) >= 11 is 7.45. The van der Waals surface area contributed by atoms with Crippen LogP contribution in [0.3, 0.4) is 0 Å². The average molecular weight is 388 g/mol. The van der Waals surface area contributed by atoms with Gasteiger partial charge in [-0.25, -0.2) is 13.4 Å². The van der Waals surface area contributed by atoms with Gasteiger partial charge in [0.1, 0.15) is 11.9 Å². The number of aromatic nitrogens is 1. The molecule has 2 heterocycles. The zero-order chi connectivity index (χ0) is 17.2. The molecule has 130 valence electrons. The van der Waals surface area contributed by atoms with Gasteiger partial charge in [-0.15, -0.1) is 11.3 Å². The maximum Gasteiger partial charge on any atom is 0.263 e. The van der Waals surface area contributed by atoms with Crippen molar-refractivity contribution in [1.29, 1.82) is 0 Å². The van der Waals surface area contributed by atoms with E-state index in [9.17, 15) is 8.42 Å². The van der Waals surface area contributed by atoms with Crippen molar-refractivity contribution in [3.05, 3.63) is 34.8 Å². The number of halogens is 1. The Morgan fingerprint density at radius 1 is 1.46 bits per heavy atom. The zero-order valence-electron chi connectivity index (χ0n) is 13.0. The predicted octanol–water partition coefficient (Wildman–Crippen LogP) is 2.97. The number of nitrogens with zero attached hydrogens (tertiary/aromatic N) is 1. The van der Waals surface area contributed by atoms with E-state index >= 15 is 0 Å². The summed E-state index contributed by atoms with van der Waals surface area (Å²) in [4.78, 5) is 3.99. The average Bonchev–Trinajstić information content (AvgIpc) is 3.03. The molecule has 0 amide bonds. The van der Waals surface area contributed by atoms with Gasteiger partial charge in [-0.1, -0.05) is 18.5 Å². The first-order chi connectivity index (χ1) is 11.5. The van der Waals surface area contributed by atoms with Crippen LogP contribution in [0.2, 0.25) is 5.02 Å². The lowest BCUT2D eigenvalue weighted by molar-refractivity contribution is 0.112. The Morgan fingerprint density at radius 2 is 2.29 bits per heavy atom. The van der Waals surface area contributed by atoms with Gasteiger partial charge in [0, 0.05) is 24.0 Å². The highest BCUT2D eigenvalue weighted by molar-refractivity contribution is 7.93. The number of rotatable bonds is 5. The molecule has 1 aromatic heterocycles. The number of ether oxygens (including phenoxy) is 1. The number of hydrogen-bond donors (Lipinski definition) is 2. The fourth-order valence-electron chi connectivity index (χ4n) is 2.52. The summed E-state index contributed by atoms with van der Waals surface area (Å²) in [6, 6.07) is 4.50. The molecular formula is C15H18ClN3O3S2. The molecule has 0 aliphatic carbocycles. The molecule has 1 aliphatic rings. The molecule has 2 atom stereocenters. The number of thiazole rings is 1. The van der Waals surface area contributed by atoms with Crippen molar-refractivity contribution in [2.45, 2.75) is 24.3 Å². The number of piperidine rings is 1. The van der Waals surface area contributed by atoms with Crippen LogP contribution in [0.5, 0.6) is 5.75 Å². The summed E-state index contributed by atoms with van der Waals surface area (Å²) in [5.74, 6) is 0.869. The number of anilines is 1. The Labute approximate surface area is 150 Å². The van der Waals surface area contributed by atoms with Crippen molar-refractivity contribution in [2.24, 2.45) is 5.92 Å². The van der Waals surface area contributed by atoms with Crippen LogP contribution in [0.1, 0.15) is 13.3 Å². The number of nitrogens with one attached hydrogen (secondary N) is 2. The SMILES string of the molecule is C[C@H]1CNCCC1Oc1ccc(S(=O)(=O)Nc2nccs2)cc1Cl. The minimum Gasteiger partial charge on any atom is -0.488 e. The van der Waals surface area contributed by atoms with Gasteiger partial charge in [0.25, 0.3) is 10.0 Å². The standard InChI is InChI=1S/C15H18ClN3O3S2/c1-10-9-17-5-4-13(10)22-14-3-2-11(8-12(14)16)24(20,21)19-15-18-6-7-23-15/h2-3,6-8,10,13,17H,4-5,9H2,1H3,(H,18,19)/t10-,13?/m0/s1. The van der Waals surface area contributed by atoms with E-state index in [0.29, 0.717) is 16.8 Å². The van der Waals surface area contributed by atoms with Gasteiger partial charge in [0.05, 0.1) is 9.92 Å². The lowest BCUT2D eigenvalue weighted by Crippen LogP contribution is -2.41. The Morgan fingerprint density at radius 3 is 2.96 bits per heavy atom.